The van der Waals surface area contributed by atoms with E-state index in [1.54, 1.807) is 0 Å². The molecule has 0 saturated carbocycles. The van der Waals surface area contributed by atoms with Gasteiger partial charge in [-0.1, -0.05) is 49.7 Å². The van der Waals surface area contributed by atoms with E-state index in [0.717, 1.165) is 23.3 Å². The van der Waals surface area contributed by atoms with Crippen molar-refractivity contribution < 1.29 is 23.8 Å². The van der Waals surface area contributed by atoms with Crippen LogP contribution < -0.4 is 5.32 Å². The molecule has 1 unspecified atom stereocenters. The summed E-state index contributed by atoms with van der Waals surface area (Å²) < 4.78 is 19.0. The zero-order chi connectivity index (χ0) is 23.6. The van der Waals surface area contributed by atoms with Gasteiger partial charge < -0.3 is 15.2 Å². The first-order valence-electron chi connectivity index (χ1n) is 10.5. The third kappa shape index (κ3) is 4.37. The Morgan fingerprint density at radius 3 is 2.50 bits per heavy atom. The lowest BCUT2D eigenvalue weighted by Gasteiger charge is -2.52. The van der Waals surface area contributed by atoms with Gasteiger partial charge in [0.2, 0.25) is 5.91 Å². The second kappa shape index (κ2) is 9.57. The van der Waals surface area contributed by atoms with Crippen LogP contribution in [0, 0.1) is 5.82 Å². The molecule has 1 aliphatic rings. The molecular formula is C24H28ClFN2O4. The van der Waals surface area contributed by atoms with Gasteiger partial charge in [0.25, 0.3) is 0 Å². The molecule has 2 aromatic carbocycles. The number of likely N-dealkylation sites (tertiary alicyclic amines) is 1. The van der Waals surface area contributed by atoms with Gasteiger partial charge >= 0.3 is 5.97 Å². The number of esters is 1. The number of anilines is 1. The van der Waals surface area contributed by atoms with Crippen molar-refractivity contribution in [2.24, 2.45) is 0 Å². The van der Waals surface area contributed by atoms with Gasteiger partial charge in [0, 0.05) is 19.1 Å². The van der Waals surface area contributed by atoms with Crippen LogP contribution in [-0.4, -0.2) is 54.7 Å². The molecule has 0 spiro atoms. The van der Waals surface area contributed by atoms with Crippen LogP contribution in [-0.2, 0) is 14.9 Å². The third-order valence-corrected chi connectivity index (χ3v) is 6.37. The molecule has 0 aromatic heterocycles. The summed E-state index contributed by atoms with van der Waals surface area (Å²) in [5.74, 6) is -1.67. The third-order valence-electron chi connectivity index (χ3n) is 6.08. The van der Waals surface area contributed by atoms with Crippen molar-refractivity contribution in [1.29, 1.82) is 0 Å². The molecule has 1 heterocycles. The Balaban J connectivity index is 2.04. The molecule has 6 nitrogen and oxygen atoms in total. The van der Waals surface area contributed by atoms with Crippen LogP contribution in [0.4, 0.5) is 10.1 Å². The monoisotopic (exact) mass is 462 g/mol. The Morgan fingerprint density at radius 1 is 1.25 bits per heavy atom. The summed E-state index contributed by atoms with van der Waals surface area (Å²) in [5.41, 5.74) is 0.962. The number of aliphatic hydroxyl groups is 1. The zero-order valence-electron chi connectivity index (χ0n) is 18.6. The van der Waals surface area contributed by atoms with Crippen LogP contribution in [0.15, 0.2) is 36.4 Å². The molecule has 172 valence electrons. The van der Waals surface area contributed by atoms with Crippen LogP contribution in [0.25, 0.3) is 0 Å². The molecule has 3 rings (SSSR count). The first-order valence-corrected chi connectivity index (χ1v) is 10.9. The highest BCUT2D eigenvalue weighted by Gasteiger charge is 2.52. The maximum absolute atomic E-state index is 14.2. The lowest BCUT2D eigenvalue weighted by Crippen LogP contribution is -2.67. The maximum atomic E-state index is 14.2. The van der Waals surface area contributed by atoms with Crippen LogP contribution in [0.3, 0.4) is 0 Å². The van der Waals surface area contributed by atoms with Gasteiger partial charge in [0.1, 0.15) is 5.82 Å². The fraction of sp³-hybridized carbons (Fsp3) is 0.417. The number of ether oxygens (including phenoxy) is 1. The summed E-state index contributed by atoms with van der Waals surface area (Å²) in [5, 5.41) is 12.1. The Labute approximate surface area is 192 Å². The van der Waals surface area contributed by atoms with E-state index in [0.29, 0.717) is 13.1 Å². The molecule has 1 amide bonds. The predicted octanol–water partition coefficient (Wildman–Crippen LogP) is 3.96. The van der Waals surface area contributed by atoms with E-state index in [9.17, 15) is 19.1 Å². The molecule has 2 N–H and O–H groups in total. The van der Waals surface area contributed by atoms with E-state index < -0.39 is 17.2 Å². The molecule has 2 aromatic rings. The number of halogens is 2. The topological polar surface area (TPSA) is 78.9 Å². The highest BCUT2D eigenvalue weighted by Crippen LogP contribution is 2.41. The number of carbonyl (C=O) groups is 2. The molecule has 0 bridgehead atoms. The quantitative estimate of drug-likeness (QED) is 0.609. The van der Waals surface area contributed by atoms with Crippen LogP contribution in [0.1, 0.15) is 48.2 Å². The Morgan fingerprint density at radius 2 is 1.91 bits per heavy atom. The number of rotatable bonds is 7. The molecule has 1 atom stereocenters. The minimum absolute atomic E-state index is 0.00110. The van der Waals surface area contributed by atoms with E-state index in [4.69, 9.17) is 16.3 Å². The van der Waals surface area contributed by atoms with Crippen molar-refractivity contribution in [1.82, 2.24) is 4.90 Å². The number of carbonyl (C=O) groups excluding carboxylic acids is 2. The minimum Gasteiger partial charge on any atom is -0.465 e. The van der Waals surface area contributed by atoms with Gasteiger partial charge in [0.15, 0.2) is 0 Å². The standard InChI is InChI=1S/C24H28ClFN2O4/c1-14(2)16-7-5-6-8-18(16)24(12-28(13-24)15(3)11-29)23(31)27-21-10-20(26)19(25)9-17(21)22(30)32-4/h5-10,14-15,29H,11-13H2,1-4H3,(H,27,31). The lowest BCUT2D eigenvalue weighted by molar-refractivity contribution is -0.130. The molecule has 0 radical (unpaired) electrons. The number of amides is 1. The van der Waals surface area contributed by atoms with Crippen molar-refractivity contribution in [2.75, 3.05) is 32.1 Å². The number of benzene rings is 2. The highest BCUT2D eigenvalue weighted by atomic mass is 35.5. The van der Waals surface area contributed by atoms with Gasteiger partial charge in [-0.15, -0.1) is 0 Å². The smallest absolute Gasteiger partial charge is 0.340 e. The molecule has 1 saturated heterocycles. The molecule has 0 aliphatic carbocycles. The average molecular weight is 463 g/mol. The number of nitrogens with one attached hydrogen (secondary N) is 1. The van der Waals surface area contributed by atoms with E-state index >= 15 is 0 Å². The first-order chi connectivity index (χ1) is 15.1. The predicted molar refractivity (Wildman–Crippen MR) is 122 cm³/mol. The Hall–Kier alpha value is -2.48. The second-order valence-electron chi connectivity index (χ2n) is 8.52. The fourth-order valence-electron chi connectivity index (χ4n) is 4.12. The summed E-state index contributed by atoms with van der Waals surface area (Å²) in [4.78, 5) is 27.9. The largest absolute Gasteiger partial charge is 0.465 e. The second-order valence-corrected chi connectivity index (χ2v) is 8.93. The normalized spacial score (nSPS) is 16.4. The van der Waals surface area contributed by atoms with E-state index in [-0.39, 0.29) is 40.7 Å². The maximum Gasteiger partial charge on any atom is 0.340 e. The minimum atomic E-state index is -0.923. The lowest BCUT2D eigenvalue weighted by atomic mass is 9.69. The number of methoxy groups -OCH3 is 1. The summed E-state index contributed by atoms with van der Waals surface area (Å²) in [6.45, 7) is 6.74. The van der Waals surface area contributed by atoms with E-state index in [2.05, 4.69) is 19.2 Å². The zero-order valence-corrected chi connectivity index (χ0v) is 19.4. The van der Waals surface area contributed by atoms with Crippen molar-refractivity contribution >= 4 is 29.2 Å². The molecule has 1 aliphatic heterocycles. The Bertz CT molecular complexity index is 1020. The molecule has 32 heavy (non-hydrogen) atoms. The molecule has 8 heteroatoms. The highest BCUT2D eigenvalue weighted by molar-refractivity contribution is 6.31. The SMILES string of the molecule is COC(=O)c1cc(Cl)c(F)cc1NC(=O)C1(c2ccccc2C(C)C)CN(C(C)CO)C1. The summed E-state index contributed by atoms with van der Waals surface area (Å²) in [6.07, 6.45) is 0. The fourth-order valence-corrected chi connectivity index (χ4v) is 4.28. The first kappa shape index (κ1) is 24.2. The molecule has 1 fully saturated rings. The number of hydrogen-bond acceptors (Lipinski definition) is 5. The van der Waals surface area contributed by atoms with Crippen LogP contribution >= 0.6 is 11.6 Å². The van der Waals surface area contributed by atoms with Crippen molar-refractivity contribution in [3.8, 4) is 0 Å². The van der Waals surface area contributed by atoms with Crippen molar-refractivity contribution in [2.45, 2.75) is 38.1 Å². The van der Waals surface area contributed by atoms with E-state index in [1.165, 1.54) is 7.11 Å². The Kier molecular flexibility index (Phi) is 7.22. The van der Waals surface area contributed by atoms with Crippen LogP contribution in [0.5, 0.6) is 0 Å². The van der Waals surface area contributed by atoms with Gasteiger partial charge in [0.05, 0.1) is 35.4 Å². The summed E-state index contributed by atoms with van der Waals surface area (Å²) >= 11 is 5.85. The van der Waals surface area contributed by atoms with Gasteiger partial charge in [-0.2, -0.15) is 0 Å². The summed E-state index contributed by atoms with van der Waals surface area (Å²) in [7, 11) is 1.20. The van der Waals surface area contributed by atoms with Crippen molar-refractivity contribution in [3.63, 3.8) is 0 Å². The number of aliphatic hydroxyl groups excluding tert-OH is 1. The van der Waals surface area contributed by atoms with Gasteiger partial charge in [-0.05, 0) is 36.1 Å². The van der Waals surface area contributed by atoms with Crippen LogP contribution in [0.2, 0.25) is 5.02 Å². The molecular weight excluding hydrogens is 435 g/mol. The number of nitrogens with zero attached hydrogens (tertiary/aromatic N) is 1. The van der Waals surface area contributed by atoms with Gasteiger partial charge in [-0.25, -0.2) is 9.18 Å². The summed E-state index contributed by atoms with van der Waals surface area (Å²) in [6, 6.07) is 9.81. The average Bonchev–Trinajstić information content (AvgIpc) is 2.74. The van der Waals surface area contributed by atoms with Crippen molar-refractivity contribution in [3.05, 3.63) is 63.9 Å². The van der Waals surface area contributed by atoms with Gasteiger partial charge in [-0.3, -0.25) is 9.69 Å². The number of hydrogen-bond donors (Lipinski definition) is 2. The van der Waals surface area contributed by atoms with E-state index in [1.807, 2.05) is 36.1 Å².